The van der Waals surface area contributed by atoms with Gasteiger partial charge in [-0.1, -0.05) is 42.5 Å². The van der Waals surface area contributed by atoms with Gasteiger partial charge in [0, 0.05) is 18.3 Å². The van der Waals surface area contributed by atoms with E-state index in [2.05, 4.69) is 4.98 Å². The number of allylic oxidation sites excluding steroid dienone is 1. The number of aromatic amines is 1. The average Bonchev–Trinajstić information content (AvgIpc) is 2.49. The van der Waals surface area contributed by atoms with E-state index >= 15 is 0 Å². The highest BCUT2D eigenvalue weighted by molar-refractivity contribution is 5.13. The van der Waals surface area contributed by atoms with E-state index in [1.807, 2.05) is 42.5 Å². The van der Waals surface area contributed by atoms with Crippen molar-refractivity contribution in [2.75, 3.05) is 6.61 Å². The summed E-state index contributed by atoms with van der Waals surface area (Å²) < 4.78 is 6.95. The largest absolute Gasteiger partial charge is 0.373 e. The normalized spacial score (nSPS) is 11.1. The Kier molecular flexibility index (Phi) is 5.29. The van der Waals surface area contributed by atoms with Crippen LogP contribution in [0, 0.1) is 6.92 Å². The Morgan fingerprint density at radius 3 is 2.71 bits per heavy atom. The first kappa shape index (κ1) is 15.0. The Balaban J connectivity index is 1.80. The Bertz CT molecular complexity index is 714. The van der Waals surface area contributed by atoms with Crippen molar-refractivity contribution in [2.45, 2.75) is 20.1 Å². The van der Waals surface area contributed by atoms with Crippen LogP contribution in [0.5, 0.6) is 0 Å². The van der Waals surface area contributed by atoms with Gasteiger partial charge < -0.3 is 4.74 Å². The van der Waals surface area contributed by atoms with Crippen molar-refractivity contribution in [1.82, 2.24) is 9.55 Å². The Morgan fingerprint density at radius 2 is 1.95 bits per heavy atom. The van der Waals surface area contributed by atoms with E-state index in [1.54, 1.807) is 13.1 Å². The topological polar surface area (TPSA) is 64.1 Å². The molecule has 0 spiro atoms. The summed E-state index contributed by atoms with van der Waals surface area (Å²) in [5.41, 5.74) is 0.897. The van der Waals surface area contributed by atoms with Crippen LogP contribution >= 0.6 is 0 Å². The third-order valence-electron chi connectivity index (χ3n) is 2.98. The zero-order valence-corrected chi connectivity index (χ0v) is 11.9. The number of hydrogen-bond acceptors (Lipinski definition) is 3. The maximum Gasteiger partial charge on any atom is 0.328 e. The summed E-state index contributed by atoms with van der Waals surface area (Å²) in [7, 11) is 0. The van der Waals surface area contributed by atoms with E-state index in [1.165, 1.54) is 4.57 Å². The summed E-state index contributed by atoms with van der Waals surface area (Å²) in [6, 6.07) is 9.92. The van der Waals surface area contributed by atoms with Gasteiger partial charge in [0.05, 0.1) is 13.2 Å². The molecular formula is C16H18N2O3. The fraction of sp³-hybridized carbons (Fsp3) is 0.250. The lowest BCUT2D eigenvalue weighted by molar-refractivity contribution is 0.148. The number of rotatable bonds is 6. The van der Waals surface area contributed by atoms with Crippen molar-refractivity contribution in [1.29, 1.82) is 0 Å². The van der Waals surface area contributed by atoms with Crippen LogP contribution < -0.4 is 11.2 Å². The average molecular weight is 286 g/mol. The highest BCUT2D eigenvalue weighted by Gasteiger charge is 1.98. The molecule has 2 rings (SSSR count). The number of benzene rings is 1. The summed E-state index contributed by atoms with van der Waals surface area (Å²) in [5, 5.41) is 0. The molecule has 0 fully saturated rings. The minimum Gasteiger partial charge on any atom is -0.373 e. The van der Waals surface area contributed by atoms with E-state index in [-0.39, 0.29) is 5.56 Å². The first-order valence-corrected chi connectivity index (χ1v) is 6.74. The van der Waals surface area contributed by atoms with Gasteiger partial charge in [-0.2, -0.15) is 0 Å². The molecule has 2 aromatic rings. The van der Waals surface area contributed by atoms with Gasteiger partial charge in [0.15, 0.2) is 0 Å². The Morgan fingerprint density at radius 1 is 1.19 bits per heavy atom. The number of nitrogens with one attached hydrogen (secondary N) is 1. The lowest BCUT2D eigenvalue weighted by Gasteiger charge is -2.02. The minimum absolute atomic E-state index is 0.341. The van der Waals surface area contributed by atoms with Gasteiger partial charge in [-0.05, 0) is 12.5 Å². The number of hydrogen-bond donors (Lipinski definition) is 1. The van der Waals surface area contributed by atoms with Crippen LogP contribution in [-0.4, -0.2) is 16.2 Å². The lowest BCUT2D eigenvalue weighted by atomic mass is 10.2. The zero-order chi connectivity index (χ0) is 15.1. The van der Waals surface area contributed by atoms with Crippen LogP contribution in [0.2, 0.25) is 0 Å². The van der Waals surface area contributed by atoms with Gasteiger partial charge in [0.1, 0.15) is 0 Å². The highest BCUT2D eigenvalue weighted by atomic mass is 16.5. The highest BCUT2D eigenvalue weighted by Crippen LogP contribution is 2.00. The summed E-state index contributed by atoms with van der Waals surface area (Å²) in [6.45, 7) is 3.11. The molecule has 110 valence electrons. The molecule has 21 heavy (non-hydrogen) atoms. The smallest absolute Gasteiger partial charge is 0.328 e. The first-order chi connectivity index (χ1) is 10.2. The minimum atomic E-state index is -0.402. The summed E-state index contributed by atoms with van der Waals surface area (Å²) in [4.78, 5) is 25.0. The van der Waals surface area contributed by atoms with Crippen LogP contribution in [0.4, 0.5) is 0 Å². The number of aryl methyl sites for hydroxylation is 1. The van der Waals surface area contributed by atoms with Gasteiger partial charge in [-0.3, -0.25) is 14.3 Å². The predicted molar refractivity (Wildman–Crippen MR) is 81.3 cm³/mol. The molecule has 0 aliphatic carbocycles. The number of aromatic nitrogens is 2. The van der Waals surface area contributed by atoms with Crippen LogP contribution in [0.1, 0.15) is 11.1 Å². The molecule has 0 atom stereocenters. The number of ether oxygens (including phenoxy) is 1. The molecule has 0 aliphatic heterocycles. The molecule has 0 bridgehead atoms. The van der Waals surface area contributed by atoms with Crippen LogP contribution in [0.15, 0.2) is 58.3 Å². The van der Waals surface area contributed by atoms with Crippen LogP contribution in [0.3, 0.4) is 0 Å². The van der Waals surface area contributed by atoms with Crippen molar-refractivity contribution >= 4 is 0 Å². The molecule has 0 radical (unpaired) electrons. The van der Waals surface area contributed by atoms with E-state index < -0.39 is 5.69 Å². The molecule has 0 saturated carbocycles. The summed E-state index contributed by atoms with van der Waals surface area (Å²) in [5.74, 6) is 0. The van der Waals surface area contributed by atoms with E-state index in [0.29, 0.717) is 25.3 Å². The van der Waals surface area contributed by atoms with Crippen molar-refractivity contribution in [3.05, 3.63) is 80.6 Å². The maximum absolute atomic E-state index is 11.5. The quantitative estimate of drug-likeness (QED) is 0.648. The van der Waals surface area contributed by atoms with Crippen LogP contribution in [-0.2, 0) is 17.9 Å². The molecule has 1 aromatic carbocycles. The number of H-pyrrole nitrogens is 1. The molecule has 1 N–H and O–H groups in total. The fourth-order valence-electron chi connectivity index (χ4n) is 1.83. The maximum atomic E-state index is 11.5. The van der Waals surface area contributed by atoms with Crippen molar-refractivity contribution in [3.63, 3.8) is 0 Å². The molecule has 0 aliphatic rings. The fourth-order valence-corrected chi connectivity index (χ4v) is 1.83. The van der Waals surface area contributed by atoms with Crippen molar-refractivity contribution < 1.29 is 4.74 Å². The monoisotopic (exact) mass is 286 g/mol. The second-order valence-corrected chi connectivity index (χ2v) is 4.70. The molecule has 5 nitrogen and oxygen atoms in total. The van der Waals surface area contributed by atoms with Gasteiger partial charge >= 0.3 is 5.69 Å². The number of nitrogens with zero attached hydrogens (tertiary/aromatic N) is 1. The van der Waals surface area contributed by atoms with Gasteiger partial charge in [0.2, 0.25) is 0 Å². The predicted octanol–water partition coefficient (Wildman–Crippen LogP) is 1.62. The van der Waals surface area contributed by atoms with Crippen LogP contribution in [0.25, 0.3) is 0 Å². The molecule has 0 unspecified atom stereocenters. The van der Waals surface area contributed by atoms with E-state index in [9.17, 15) is 9.59 Å². The molecule has 0 saturated heterocycles. The summed E-state index contributed by atoms with van der Waals surface area (Å²) >= 11 is 0. The summed E-state index contributed by atoms with van der Waals surface area (Å²) in [6.07, 6.45) is 5.25. The second-order valence-electron chi connectivity index (χ2n) is 4.70. The third kappa shape index (κ3) is 4.57. The standard InChI is InChI=1S/C16H18N2O3/c1-13-11-18(16(20)17-15(13)19)9-5-6-10-21-12-14-7-3-2-4-8-14/h2-8,11H,9-10,12H2,1H3,(H,17,19,20)/b6-5-. The molecule has 0 amide bonds. The van der Waals surface area contributed by atoms with Crippen molar-refractivity contribution in [2.24, 2.45) is 0 Å². The van der Waals surface area contributed by atoms with Gasteiger partial charge in [0.25, 0.3) is 5.56 Å². The van der Waals surface area contributed by atoms with Crippen molar-refractivity contribution in [3.8, 4) is 0 Å². The van der Waals surface area contributed by atoms with E-state index in [0.717, 1.165) is 5.56 Å². The Labute approximate surface area is 122 Å². The first-order valence-electron chi connectivity index (χ1n) is 6.74. The van der Waals surface area contributed by atoms with Gasteiger partial charge in [-0.25, -0.2) is 4.79 Å². The zero-order valence-electron chi connectivity index (χ0n) is 11.9. The molecule has 1 aromatic heterocycles. The Hall–Kier alpha value is -2.40. The van der Waals surface area contributed by atoms with Gasteiger partial charge in [-0.15, -0.1) is 0 Å². The molecular weight excluding hydrogens is 268 g/mol. The SMILES string of the molecule is Cc1cn(C/C=C\COCc2ccccc2)c(=O)[nH]c1=O. The molecule has 1 heterocycles. The second kappa shape index (κ2) is 7.40. The third-order valence-corrected chi connectivity index (χ3v) is 2.98. The van der Waals surface area contributed by atoms with E-state index in [4.69, 9.17) is 4.74 Å². The molecule has 5 heteroatoms. The lowest BCUT2D eigenvalue weighted by Crippen LogP contribution is -2.30.